The Morgan fingerprint density at radius 1 is 1.10 bits per heavy atom. The van der Waals surface area contributed by atoms with E-state index in [2.05, 4.69) is 24.4 Å². The quantitative estimate of drug-likeness (QED) is 0.188. The molecule has 0 amide bonds. The van der Waals surface area contributed by atoms with Gasteiger partial charge in [0.15, 0.2) is 5.78 Å². The molecule has 11 heteroatoms. The highest BCUT2D eigenvalue weighted by Gasteiger charge is 2.76. The largest absolute Gasteiger partial charge is 0.391 e. The lowest BCUT2D eigenvalue weighted by Crippen LogP contribution is -2.72. The summed E-state index contributed by atoms with van der Waals surface area (Å²) in [6.45, 7) is 10.8. The first-order valence-electron chi connectivity index (χ1n) is 19.5. The maximum atomic E-state index is 15.0. The molecule has 7 rings (SSSR count). The van der Waals surface area contributed by atoms with Gasteiger partial charge in [-0.1, -0.05) is 32.9 Å². The van der Waals surface area contributed by atoms with Gasteiger partial charge in [0.05, 0.1) is 54.0 Å². The van der Waals surface area contributed by atoms with Crippen LogP contribution >= 0.6 is 0 Å². The monoisotopic (exact) mass is 701 g/mol. The molecule has 2 aliphatic heterocycles. The molecule has 2 heterocycles. The van der Waals surface area contributed by atoms with Crippen LogP contribution < -0.4 is 11.1 Å². The van der Waals surface area contributed by atoms with E-state index in [0.717, 1.165) is 19.4 Å². The summed E-state index contributed by atoms with van der Waals surface area (Å²) in [6, 6.07) is 0. The van der Waals surface area contributed by atoms with Crippen LogP contribution in [0.3, 0.4) is 0 Å². The first-order valence-corrected chi connectivity index (χ1v) is 19.5. The summed E-state index contributed by atoms with van der Waals surface area (Å²) in [5.74, 6) is -1.73. The summed E-state index contributed by atoms with van der Waals surface area (Å²) >= 11 is 0. The van der Waals surface area contributed by atoms with Gasteiger partial charge in [-0.25, -0.2) is 0 Å². The Morgan fingerprint density at radius 3 is 2.46 bits per heavy atom. The Kier molecular flexibility index (Phi) is 9.59. The van der Waals surface area contributed by atoms with Crippen LogP contribution in [0.4, 0.5) is 0 Å². The van der Waals surface area contributed by atoms with Crippen LogP contribution in [-0.2, 0) is 9.53 Å². The molecule has 6 fully saturated rings. The SMILES string of the molecule is CC(O)CN=C1C(=O)C2CC(O)C(O)CC23CC(C2CCC(N)NC2)C=CC2CC4(C)C(C(C)(O)C(O)C5OCC(C)C5C)CCC4(O)C1C23. The van der Waals surface area contributed by atoms with Crippen LogP contribution in [0.25, 0.3) is 0 Å². The molecule has 0 aromatic heterocycles. The number of ether oxygens (including phenoxy) is 1. The fourth-order valence-electron chi connectivity index (χ4n) is 12.9. The van der Waals surface area contributed by atoms with Crippen molar-refractivity contribution in [3.05, 3.63) is 12.2 Å². The summed E-state index contributed by atoms with van der Waals surface area (Å²) in [7, 11) is 0. The van der Waals surface area contributed by atoms with Gasteiger partial charge in [0.2, 0.25) is 0 Å². The Bertz CT molecular complexity index is 1360. The fourth-order valence-corrected chi connectivity index (χ4v) is 12.9. The van der Waals surface area contributed by atoms with E-state index >= 15 is 4.79 Å². The second kappa shape index (κ2) is 12.9. The minimum atomic E-state index is -1.60. The van der Waals surface area contributed by atoms with Gasteiger partial charge in [-0.05, 0) is 119 Å². The van der Waals surface area contributed by atoms with Crippen LogP contribution in [0.1, 0.15) is 86.0 Å². The number of allylic oxidation sites excluding steroid dienone is 2. The number of carbonyl (C=O) groups is 1. The van der Waals surface area contributed by atoms with Gasteiger partial charge in [0.25, 0.3) is 0 Å². The van der Waals surface area contributed by atoms with Crippen molar-refractivity contribution in [2.24, 2.45) is 74.8 Å². The number of hydrogen-bond donors (Lipinski definition) is 8. The number of nitrogens with one attached hydrogen (secondary N) is 1. The van der Waals surface area contributed by atoms with Gasteiger partial charge >= 0.3 is 0 Å². The number of carbonyl (C=O) groups excluding carboxylic acids is 1. The first-order chi connectivity index (χ1) is 23.5. The molecule has 19 unspecified atom stereocenters. The zero-order valence-electron chi connectivity index (χ0n) is 30.6. The number of aliphatic imine (C=N–C) groups is 1. The topological polar surface area (TPSA) is 198 Å². The third-order valence-corrected chi connectivity index (χ3v) is 15.7. The summed E-state index contributed by atoms with van der Waals surface area (Å²) in [4.78, 5) is 19.8. The third-order valence-electron chi connectivity index (χ3n) is 15.7. The standard InChI is InChI=1S/C39H63N3O8/c1-19-18-50-34(21(19)3)35(47)37(5,48)28-10-11-39(49)31-30-23(13-36(28,39)4)7-6-22(24-8-9-29(40)41-17-24)14-38(30)15-27(45)26(44)12-25(38)33(46)32(31)42-16-20(2)43/h6-7,19-31,34-35,41,43-45,47-49H,8-18,40H2,1-5H3. The molecule has 2 saturated heterocycles. The number of rotatable bonds is 6. The van der Waals surface area contributed by atoms with Crippen LogP contribution in [-0.4, -0.2) is 110 Å². The van der Waals surface area contributed by atoms with E-state index in [1.165, 1.54) is 0 Å². The molecule has 7 aliphatic rings. The molecule has 50 heavy (non-hydrogen) atoms. The highest BCUT2D eigenvalue weighted by molar-refractivity contribution is 6.42. The molecular weight excluding hydrogens is 638 g/mol. The van der Waals surface area contributed by atoms with E-state index in [1.807, 2.05) is 13.8 Å². The van der Waals surface area contributed by atoms with Crippen molar-refractivity contribution in [3.63, 3.8) is 0 Å². The normalized spacial score (nSPS) is 53.6. The van der Waals surface area contributed by atoms with Crippen molar-refractivity contribution in [3.8, 4) is 0 Å². The lowest BCUT2D eigenvalue weighted by Gasteiger charge is -2.66. The summed E-state index contributed by atoms with van der Waals surface area (Å²) in [5, 5.41) is 74.0. The Labute approximate surface area is 297 Å². The van der Waals surface area contributed by atoms with Crippen molar-refractivity contribution in [1.29, 1.82) is 0 Å². The molecule has 9 N–H and O–H groups in total. The van der Waals surface area contributed by atoms with Crippen molar-refractivity contribution in [1.82, 2.24) is 5.32 Å². The Morgan fingerprint density at radius 2 is 1.82 bits per heavy atom. The average molecular weight is 702 g/mol. The zero-order valence-corrected chi connectivity index (χ0v) is 30.6. The predicted octanol–water partition coefficient (Wildman–Crippen LogP) is 1.55. The molecule has 5 aliphatic carbocycles. The van der Waals surface area contributed by atoms with Crippen LogP contribution in [0, 0.1) is 64.1 Å². The Hall–Kier alpha value is -1.28. The van der Waals surface area contributed by atoms with E-state index in [0.29, 0.717) is 32.3 Å². The molecule has 0 radical (unpaired) electrons. The number of piperidine rings is 1. The van der Waals surface area contributed by atoms with Gasteiger partial charge in [0, 0.05) is 23.9 Å². The number of nitrogens with two attached hydrogens (primary N) is 1. The summed E-state index contributed by atoms with van der Waals surface area (Å²) in [6.07, 6.45) is 4.08. The van der Waals surface area contributed by atoms with Gasteiger partial charge in [0.1, 0.15) is 6.10 Å². The minimum absolute atomic E-state index is 0.00800. The first kappa shape index (κ1) is 37.1. The van der Waals surface area contributed by atoms with Gasteiger partial charge in [-0.2, -0.15) is 0 Å². The lowest BCUT2D eigenvalue weighted by molar-refractivity contribution is -0.233. The highest BCUT2D eigenvalue weighted by Crippen LogP contribution is 2.72. The van der Waals surface area contributed by atoms with Crippen LogP contribution in [0.5, 0.6) is 0 Å². The Balaban J connectivity index is 1.36. The number of Topliss-reactive ketones (excluding diaryl/α,β-unsaturated/α-hetero) is 1. The minimum Gasteiger partial charge on any atom is -0.391 e. The molecule has 282 valence electrons. The number of aliphatic hydroxyl groups is 6. The molecule has 1 spiro atoms. The predicted molar refractivity (Wildman–Crippen MR) is 188 cm³/mol. The van der Waals surface area contributed by atoms with E-state index in [9.17, 15) is 30.6 Å². The molecule has 19 atom stereocenters. The second-order valence-corrected chi connectivity index (χ2v) is 18.5. The van der Waals surface area contributed by atoms with Crippen molar-refractivity contribution in [2.45, 2.75) is 134 Å². The molecule has 0 bridgehead atoms. The van der Waals surface area contributed by atoms with Crippen molar-refractivity contribution < 1.29 is 40.2 Å². The molecule has 0 aromatic carbocycles. The number of aliphatic hydroxyl groups excluding tert-OH is 4. The van der Waals surface area contributed by atoms with Crippen LogP contribution in [0.2, 0.25) is 0 Å². The maximum absolute atomic E-state index is 15.0. The summed E-state index contributed by atoms with van der Waals surface area (Å²) in [5.41, 5.74) is 1.81. The molecule has 0 aromatic rings. The maximum Gasteiger partial charge on any atom is 0.180 e. The zero-order chi connectivity index (χ0) is 36.1. The molecule has 4 saturated carbocycles. The van der Waals surface area contributed by atoms with Crippen molar-refractivity contribution >= 4 is 11.5 Å². The van der Waals surface area contributed by atoms with E-state index in [4.69, 9.17) is 15.5 Å². The number of ketones is 1. The molecule has 11 nitrogen and oxygen atoms in total. The van der Waals surface area contributed by atoms with Gasteiger partial charge in [-0.15, -0.1) is 0 Å². The van der Waals surface area contributed by atoms with Crippen LogP contribution in [0.15, 0.2) is 17.1 Å². The van der Waals surface area contributed by atoms with Gasteiger partial charge in [-0.3, -0.25) is 9.79 Å². The second-order valence-electron chi connectivity index (χ2n) is 18.5. The van der Waals surface area contributed by atoms with Gasteiger partial charge < -0.3 is 46.4 Å². The van der Waals surface area contributed by atoms with E-state index < -0.39 is 70.3 Å². The lowest BCUT2D eigenvalue weighted by atomic mass is 9.38. The highest BCUT2D eigenvalue weighted by atomic mass is 16.5. The fraction of sp³-hybridized carbons (Fsp3) is 0.897. The molecular formula is C39H63N3O8. The number of fused-ring (bicyclic) bond motifs is 2. The smallest absolute Gasteiger partial charge is 0.180 e. The van der Waals surface area contributed by atoms with Crippen molar-refractivity contribution in [2.75, 3.05) is 19.7 Å². The number of hydrogen-bond acceptors (Lipinski definition) is 11. The average Bonchev–Trinajstić information content (AvgIpc) is 3.48. The summed E-state index contributed by atoms with van der Waals surface area (Å²) < 4.78 is 6.06. The van der Waals surface area contributed by atoms with E-state index in [1.54, 1.807) is 13.8 Å². The number of nitrogens with zero attached hydrogens (tertiary/aromatic N) is 1. The van der Waals surface area contributed by atoms with E-state index in [-0.39, 0.29) is 72.6 Å². The third kappa shape index (κ3) is 5.46.